The zero-order valence-electron chi connectivity index (χ0n) is 24.6. The van der Waals surface area contributed by atoms with Gasteiger partial charge < -0.3 is 9.16 Å². The van der Waals surface area contributed by atoms with Crippen molar-refractivity contribution in [3.8, 4) is 11.5 Å². The molecule has 36 heavy (non-hydrogen) atoms. The predicted octanol–water partition coefficient (Wildman–Crippen LogP) is 9.99. The van der Waals surface area contributed by atoms with E-state index in [1.165, 1.54) is 16.7 Å². The van der Waals surface area contributed by atoms with Crippen LogP contribution in [0, 0.1) is 0 Å². The van der Waals surface area contributed by atoms with Crippen molar-refractivity contribution in [3.05, 3.63) is 58.7 Å². The number of rotatable bonds is 11. The Balaban J connectivity index is 2.01. The summed E-state index contributed by atoms with van der Waals surface area (Å²) < 4.78 is 13.2. The van der Waals surface area contributed by atoms with Crippen molar-refractivity contribution in [1.29, 1.82) is 0 Å². The second-order valence-corrected chi connectivity index (χ2v) is 17.4. The molecule has 2 rings (SSSR count). The molecule has 1 aliphatic rings. The lowest BCUT2D eigenvalue weighted by Crippen LogP contribution is -2.44. The molecular weight excluding hydrogens is 460 g/mol. The van der Waals surface area contributed by atoms with Gasteiger partial charge in [0.05, 0.1) is 12.0 Å². The van der Waals surface area contributed by atoms with E-state index in [9.17, 15) is 4.79 Å². The highest BCUT2D eigenvalue weighted by atomic mass is 28.4. The molecule has 4 heteroatoms. The minimum absolute atomic E-state index is 0.0688. The first-order chi connectivity index (χ1) is 16.6. The van der Waals surface area contributed by atoms with Crippen molar-refractivity contribution in [2.75, 3.05) is 0 Å². The molecule has 1 heterocycles. The van der Waals surface area contributed by atoms with Crippen LogP contribution in [0.4, 0.5) is 0 Å². The molecule has 1 atom stereocenters. The van der Waals surface area contributed by atoms with Gasteiger partial charge in [0, 0.05) is 0 Å². The Bertz CT molecular complexity index is 1000. The number of hydrogen-bond donors (Lipinski definition) is 0. The molecule has 1 aromatic carbocycles. The summed E-state index contributed by atoms with van der Waals surface area (Å²) in [6.45, 7) is 21.9. The minimum Gasteiger partial charge on any atom is -0.541 e. The van der Waals surface area contributed by atoms with Crippen molar-refractivity contribution in [2.24, 2.45) is 0 Å². The van der Waals surface area contributed by atoms with Gasteiger partial charge in [-0.3, -0.25) is 4.79 Å². The van der Waals surface area contributed by atoms with E-state index in [4.69, 9.17) is 9.16 Å². The molecule has 3 nitrogen and oxygen atoms in total. The van der Waals surface area contributed by atoms with Gasteiger partial charge in [-0.15, -0.1) is 0 Å². The van der Waals surface area contributed by atoms with E-state index >= 15 is 0 Å². The summed E-state index contributed by atoms with van der Waals surface area (Å²) in [5, 5.41) is 0.0688. The topological polar surface area (TPSA) is 35.5 Å². The average Bonchev–Trinajstić information content (AvgIpc) is 2.73. The fraction of sp³-hybridized carbons (Fsp3) is 0.594. The number of ether oxygens (including phenoxy) is 1. The van der Waals surface area contributed by atoms with E-state index in [1.54, 1.807) is 0 Å². The molecule has 0 saturated carbocycles. The Labute approximate surface area is 222 Å². The van der Waals surface area contributed by atoms with Gasteiger partial charge in [-0.25, -0.2) is 0 Å². The summed E-state index contributed by atoms with van der Waals surface area (Å²) in [5.74, 6) is 1.50. The molecule has 0 bridgehead atoms. The molecule has 0 spiro atoms. The third-order valence-corrected chi connectivity index (χ3v) is 12.0. The lowest BCUT2D eigenvalue weighted by molar-refractivity contribution is 0.0460. The Kier molecular flexibility index (Phi) is 10.4. The molecule has 1 unspecified atom stereocenters. The molecule has 0 aliphatic carbocycles. The number of carbonyl (C=O) groups excluding carboxylic acids is 1. The van der Waals surface area contributed by atoms with Gasteiger partial charge in [-0.05, 0) is 103 Å². The highest BCUT2D eigenvalue weighted by molar-refractivity contribution is 6.74. The number of hydrogen-bond acceptors (Lipinski definition) is 3. The van der Waals surface area contributed by atoms with Crippen LogP contribution in [0.1, 0.15) is 111 Å². The third kappa shape index (κ3) is 8.79. The van der Waals surface area contributed by atoms with E-state index in [0.717, 1.165) is 44.3 Å². The molecule has 1 aromatic rings. The lowest BCUT2D eigenvalue weighted by atomic mass is 9.87. The van der Waals surface area contributed by atoms with Crippen molar-refractivity contribution in [2.45, 2.75) is 124 Å². The largest absolute Gasteiger partial charge is 0.541 e. The maximum Gasteiger partial charge on any atom is 0.250 e. The van der Waals surface area contributed by atoms with E-state index in [-0.39, 0.29) is 10.8 Å². The number of carbonyl (C=O) groups is 1. The molecule has 0 saturated heterocycles. The van der Waals surface area contributed by atoms with Crippen LogP contribution in [0.3, 0.4) is 0 Å². The molecule has 1 aliphatic heterocycles. The summed E-state index contributed by atoms with van der Waals surface area (Å²) in [6, 6.07) is 5.74. The quantitative estimate of drug-likeness (QED) is 0.219. The summed E-state index contributed by atoms with van der Waals surface area (Å²) >= 11 is 0. The monoisotopic (exact) mass is 510 g/mol. The molecule has 0 fully saturated rings. The van der Waals surface area contributed by atoms with Crippen molar-refractivity contribution >= 4 is 14.1 Å². The van der Waals surface area contributed by atoms with Gasteiger partial charge in [-0.2, -0.15) is 0 Å². The van der Waals surface area contributed by atoms with Gasteiger partial charge >= 0.3 is 0 Å². The van der Waals surface area contributed by atoms with E-state index in [0.29, 0.717) is 17.7 Å². The lowest BCUT2D eigenvalue weighted by Gasteiger charge is -2.39. The van der Waals surface area contributed by atoms with Crippen LogP contribution in [0.15, 0.2) is 53.1 Å². The van der Waals surface area contributed by atoms with Gasteiger partial charge in [0.15, 0.2) is 11.5 Å². The van der Waals surface area contributed by atoms with Crippen LogP contribution in [0.2, 0.25) is 18.1 Å². The molecule has 0 radical (unpaired) electrons. The minimum atomic E-state index is -2.06. The van der Waals surface area contributed by atoms with Gasteiger partial charge in [0.25, 0.3) is 8.32 Å². The second kappa shape index (κ2) is 12.4. The molecule has 0 N–H and O–H groups in total. The Morgan fingerprint density at radius 2 is 1.58 bits per heavy atom. The van der Waals surface area contributed by atoms with E-state index < -0.39 is 13.9 Å². The average molecular weight is 511 g/mol. The SMILES string of the molecule is CC(C)=CCC/C(C)=C/CC/C(C)=C/CCC1(C)CC(=O)c2cccc(O[Si](C)(C)C(C)(C)C)c2O1. The van der Waals surface area contributed by atoms with Crippen LogP contribution >= 0.6 is 0 Å². The standard InChI is InChI=1S/C32H50O3Si/c1-24(2)15-11-16-25(3)17-12-18-26(4)19-14-22-32(8)23-28(33)27-20-13-21-29(30(27)34-32)35-36(9,10)31(5,6)7/h13,15,17,19-21H,11-12,14,16,18,22-23H2,1-10H3/b25-17+,26-19+. The predicted molar refractivity (Wildman–Crippen MR) is 157 cm³/mol. The zero-order valence-corrected chi connectivity index (χ0v) is 25.6. The van der Waals surface area contributed by atoms with Gasteiger partial charge in [0.1, 0.15) is 11.4 Å². The number of Topliss-reactive ketones (excluding diaryl/α,β-unsaturated/α-hetero) is 1. The van der Waals surface area contributed by atoms with Crippen LogP contribution in [-0.2, 0) is 0 Å². The van der Waals surface area contributed by atoms with Crippen molar-refractivity contribution < 1.29 is 14.0 Å². The van der Waals surface area contributed by atoms with Crippen molar-refractivity contribution in [1.82, 2.24) is 0 Å². The number of benzene rings is 1. The molecule has 0 amide bonds. The Morgan fingerprint density at radius 3 is 2.17 bits per heavy atom. The van der Waals surface area contributed by atoms with Crippen LogP contribution in [0.25, 0.3) is 0 Å². The first-order valence-corrected chi connectivity index (χ1v) is 16.5. The number of para-hydroxylation sites is 1. The third-order valence-electron chi connectivity index (χ3n) is 7.62. The van der Waals surface area contributed by atoms with Crippen LogP contribution in [0.5, 0.6) is 11.5 Å². The fourth-order valence-electron chi connectivity index (χ4n) is 4.17. The summed E-state index contributed by atoms with van der Waals surface area (Å²) in [7, 11) is -2.06. The molecule has 200 valence electrons. The molecular formula is C32H50O3Si. The summed E-state index contributed by atoms with van der Waals surface area (Å²) in [6.07, 6.45) is 13.5. The van der Waals surface area contributed by atoms with Gasteiger partial charge in [0.2, 0.25) is 0 Å². The van der Waals surface area contributed by atoms with Crippen molar-refractivity contribution in [3.63, 3.8) is 0 Å². The maximum absolute atomic E-state index is 13.1. The Hall–Kier alpha value is -2.07. The number of ketones is 1. The smallest absolute Gasteiger partial charge is 0.250 e. The van der Waals surface area contributed by atoms with E-state index in [2.05, 4.69) is 86.7 Å². The Morgan fingerprint density at radius 1 is 1.00 bits per heavy atom. The summed E-state index contributed by atoms with van der Waals surface area (Å²) in [4.78, 5) is 13.1. The first kappa shape index (κ1) is 30.2. The highest BCUT2D eigenvalue weighted by Gasteiger charge is 2.42. The second-order valence-electron chi connectivity index (χ2n) is 12.6. The highest BCUT2D eigenvalue weighted by Crippen LogP contribution is 2.45. The van der Waals surface area contributed by atoms with Crippen LogP contribution < -0.4 is 9.16 Å². The maximum atomic E-state index is 13.1. The summed E-state index contributed by atoms with van der Waals surface area (Å²) in [5.41, 5.74) is 4.39. The van der Waals surface area contributed by atoms with Gasteiger partial charge in [-0.1, -0.05) is 61.8 Å². The zero-order chi connectivity index (χ0) is 27.1. The molecule has 0 aromatic heterocycles. The van der Waals surface area contributed by atoms with Crippen LogP contribution in [-0.4, -0.2) is 19.7 Å². The fourth-order valence-corrected chi connectivity index (χ4v) is 5.19. The number of allylic oxidation sites excluding steroid dienone is 6. The normalized spacial score (nSPS) is 19.0. The van der Waals surface area contributed by atoms with E-state index in [1.807, 2.05) is 18.2 Å². The first-order valence-electron chi connectivity index (χ1n) is 13.6. The number of fused-ring (bicyclic) bond motifs is 1.